The first-order valence-electron chi connectivity index (χ1n) is 5.76. The zero-order valence-electron chi connectivity index (χ0n) is 9.79. The van der Waals surface area contributed by atoms with Gasteiger partial charge in [0.25, 0.3) is 0 Å². The number of ether oxygens (including phenoxy) is 1. The van der Waals surface area contributed by atoms with Crippen molar-refractivity contribution in [2.45, 2.75) is 19.8 Å². The van der Waals surface area contributed by atoms with E-state index in [0.29, 0.717) is 12.5 Å². The molecule has 4 nitrogen and oxygen atoms in total. The molecule has 1 unspecified atom stereocenters. The Balaban J connectivity index is 2.28. The lowest BCUT2D eigenvalue weighted by Crippen LogP contribution is -2.40. The molecule has 1 N–H and O–H groups in total. The van der Waals surface area contributed by atoms with E-state index in [1.165, 1.54) is 20.0 Å². The number of hydrogen-bond donors (Lipinski definition) is 1. The van der Waals surface area contributed by atoms with Crippen molar-refractivity contribution in [1.29, 1.82) is 0 Å². The van der Waals surface area contributed by atoms with Crippen LogP contribution in [0.15, 0.2) is 0 Å². The summed E-state index contributed by atoms with van der Waals surface area (Å²) in [4.78, 5) is 13.3. The first kappa shape index (κ1) is 12.5. The number of carbonyl (C=O) groups excluding carboxylic acids is 1. The van der Waals surface area contributed by atoms with E-state index in [1.807, 2.05) is 0 Å². The summed E-state index contributed by atoms with van der Waals surface area (Å²) in [5, 5.41) is 3.39. The summed E-state index contributed by atoms with van der Waals surface area (Å²) in [6, 6.07) is 0. The topological polar surface area (TPSA) is 41.6 Å². The second-order valence-corrected chi connectivity index (χ2v) is 4.12. The van der Waals surface area contributed by atoms with E-state index in [9.17, 15) is 4.79 Å². The van der Waals surface area contributed by atoms with E-state index in [0.717, 1.165) is 26.2 Å². The maximum absolute atomic E-state index is 11.1. The standard InChI is InChI=1S/C11H22N2O2/c1-3-13(9-11(14)15-2)8-10-5-4-6-12-7-10/h10,12H,3-9H2,1-2H3. The molecule has 4 heteroatoms. The second-order valence-electron chi connectivity index (χ2n) is 4.12. The molecule has 15 heavy (non-hydrogen) atoms. The fourth-order valence-corrected chi connectivity index (χ4v) is 2.00. The Kier molecular flexibility index (Phi) is 5.65. The Labute approximate surface area is 92.0 Å². The molecule has 0 bridgehead atoms. The number of nitrogens with one attached hydrogen (secondary N) is 1. The zero-order chi connectivity index (χ0) is 11.1. The molecule has 88 valence electrons. The highest BCUT2D eigenvalue weighted by Crippen LogP contribution is 2.11. The van der Waals surface area contributed by atoms with E-state index in [-0.39, 0.29) is 5.97 Å². The molecule has 0 amide bonds. The van der Waals surface area contributed by atoms with Gasteiger partial charge in [-0.25, -0.2) is 0 Å². The molecule has 0 radical (unpaired) electrons. The van der Waals surface area contributed by atoms with Crippen LogP contribution in [-0.2, 0) is 9.53 Å². The number of carbonyl (C=O) groups is 1. The molecule has 1 aliphatic heterocycles. The van der Waals surface area contributed by atoms with Gasteiger partial charge < -0.3 is 10.1 Å². The summed E-state index contributed by atoms with van der Waals surface area (Å²) in [7, 11) is 1.44. The first-order chi connectivity index (χ1) is 7.26. The molecule has 1 rings (SSSR count). The Hall–Kier alpha value is -0.610. The summed E-state index contributed by atoms with van der Waals surface area (Å²) in [6.45, 7) is 6.63. The van der Waals surface area contributed by atoms with Gasteiger partial charge in [-0.1, -0.05) is 6.92 Å². The van der Waals surface area contributed by atoms with Crippen molar-refractivity contribution in [3.05, 3.63) is 0 Å². The maximum Gasteiger partial charge on any atom is 0.319 e. The normalized spacial score (nSPS) is 21.7. The average molecular weight is 214 g/mol. The zero-order valence-corrected chi connectivity index (χ0v) is 9.79. The smallest absolute Gasteiger partial charge is 0.319 e. The molecular weight excluding hydrogens is 192 g/mol. The predicted molar refractivity (Wildman–Crippen MR) is 59.7 cm³/mol. The van der Waals surface area contributed by atoms with Gasteiger partial charge in [-0.2, -0.15) is 0 Å². The third-order valence-electron chi connectivity index (χ3n) is 2.94. The van der Waals surface area contributed by atoms with Crippen molar-refractivity contribution in [3.8, 4) is 0 Å². The van der Waals surface area contributed by atoms with Crippen LogP contribution >= 0.6 is 0 Å². The van der Waals surface area contributed by atoms with Crippen molar-refractivity contribution in [1.82, 2.24) is 10.2 Å². The van der Waals surface area contributed by atoms with Crippen LogP contribution in [0.2, 0.25) is 0 Å². The monoisotopic (exact) mass is 214 g/mol. The van der Waals surface area contributed by atoms with Crippen molar-refractivity contribution in [3.63, 3.8) is 0 Å². The van der Waals surface area contributed by atoms with Crippen LogP contribution in [0.5, 0.6) is 0 Å². The van der Waals surface area contributed by atoms with Crippen LogP contribution in [0.3, 0.4) is 0 Å². The molecule has 0 aromatic carbocycles. The Bertz CT molecular complexity index is 191. The Morgan fingerprint density at radius 3 is 2.93 bits per heavy atom. The highest BCUT2D eigenvalue weighted by molar-refractivity contribution is 5.71. The van der Waals surface area contributed by atoms with Gasteiger partial charge in [-0.15, -0.1) is 0 Å². The Morgan fingerprint density at radius 2 is 2.40 bits per heavy atom. The highest BCUT2D eigenvalue weighted by atomic mass is 16.5. The van der Waals surface area contributed by atoms with Gasteiger partial charge in [-0.05, 0) is 38.4 Å². The molecule has 1 atom stereocenters. The summed E-state index contributed by atoms with van der Waals surface area (Å²) < 4.78 is 4.68. The highest BCUT2D eigenvalue weighted by Gasteiger charge is 2.17. The molecule has 1 heterocycles. The van der Waals surface area contributed by atoms with Crippen molar-refractivity contribution >= 4 is 5.97 Å². The quantitative estimate of drug-likeness (QED) is 0.676. The fraction of sp³-hybridized carbons (Fsp3) is 0.909. The largest absolute Gasteiger partial charge is 0.468 e. The molecule has 0 saturated carbocycles. The SMILES string of the molecule is CCN(CC(=O)OC)CC1CCCNC1. The lowest BCUT2D eigenvalue weighted by Gasteiger charge is -2.28. The van der Waals surface area contributed by atoms with E-state index in [4.69, 9.17) is 0 Å². The van der Waals surface area contributed by atoms with Gasteiger partial charge in [0.2, 0.25) is 0 Å². The molecule has 0 aromatic rings. The molecular formula is C11H22N2O2. The minimum atomic E-state index is -0.138. The molecule has 1 saturated heterocycles. The van der Waals surface area contributed by atoms with Gasteiger partial charge in [0, 0.05) is 6.54 Å². The number of piperidine rings is 1. The van der Waals surface area contributed by atoms with Gasteiger partial charge in [0.15, 0.2) is 0 Å². The third kappa shape index (κ3) is 4.62. The number of nitrogens with zero attached hydrogens (tertiary/aromatic N) is 1. The van der Waals surface area contributed by atoms with Crippen LogP contribution in [0, 0.1) is 5.92 Å². The first-order valence-corrected chi connectivity index (χ1v) is 5.76. The number of esters is 1. The number of likely N-dealkylation sites (N-methyl/N-ethyl adjacent to an activating group) is 1. The van der Waals surface area contributed by atoms with Crippen LogP contribution in [-0.4, -0.2) is 50.7 Å². The van der Waals surface area contributed by atoms with Gasteiger partial charge >= 0.3 is 5.97 Å². The number of hydrogen-bond acceptors (Lipinski definition) is 4. The van der Waals surface area contributed by atoms with E-state index < -0.39 is 0 Å². The summed E-state index contributed by atoms with van der Waals surface area (Å²) in [5.41, 5.74) is 0. The van der Waals surface area contributed by atoms with Gasteiger partial charge in [0.1, 0.15) is 0 Å². The van der Waals surface area contributed by atoms with Crippen LogP contribution in [0.25, 0.3) is 0 Å². The fourth-order valence-electron chi connectivity index (χ4n) is 2.00. The van der Waals surface area contributed by atoms with Crippen LogP contribution < -0.4 is 5.32 Å². The number of rotatable bonds is 5. The van der Waals surface area contributed by atoms with Crippen LogP contribution in [0.1, 0.15) is 19.8 Å². The molecule has 1 aliphatic rings. The second kappa shape index (κ2) is 6.80. The van der Waals surface area contributed by atoms with Crippen molar-refractivity contribution < 1.29 is 9.53 Å². The number of methoxy groups -OCH3 is 1. The molecule has 0 aliphatic carbocycles. The van der Waals surface area contributed by atoms with Crippen molar-refractivity contribution in [2.24, 2.45) is 5.92 Å². The third-order valence-corrected chi connectivity index (χ3v) is 2.94. The predicted octanol–water partition coefficient (Wildman–Crippen LogP) is 0.481. The summed E-state index contributed by atoms with van der Waals surface area (Å²) >= 11 is 0. The lowest BCUT2D eigenvalue weighted by atomic mass is 9.99. The average Bonchev–Trinajstić information content (AvgIpc) is 2.29. The summed E-state index contributed by atoms with van der Waals surface area (Å²) in [5.74, 6) is 0.545. The minimum absolute atomic E-state index is 0.138. The van der Waals surface area contributed by atoms with E-state index in [2.05, 4.69) is 21.9 Å². The maximum atomic E-state index is 11.1. The molecule has 0 spiro atoms. The van der Waals surface area contributed by atoms with Gasteiger partial charge in [-0.3, -0.25) is 9.69 Å². The Morgan fingerprint density at radius 1 is 1.60 bits per heavy atom. The molecule has 0 aromatic heterocycles. The van der Waals surface area contributed by atoms with Crippen molar-refractivity contribution in [2.75, 3.05) is 39.8 Å². The summed E-state index contributed by atoms with van der Waals surface area (Å²) in [6.07, 6.45) is 2.52. The minimum Gasteiger partial charge on any atom is -0.468 e. The lowest BCUT2D eigenvalue weighted by molar-refractivity contribution is -0.142. The van der Waals surface area contributed by atoms with E-state index >= 15 is 0 Å². The van der Waals surface area contributed by atoms with E-state index in [1.54, 1.807) is 0 Å². The van der Waals surface area contributed by atoms with Gasteiger partial charge in [0.05, 0.1) is 13.7 Å². The van der Waals surface area contributed by atoms with Crippen LogP contribution in [0.4, 0.5) is 0 Å². The molecule has 1 fully saturated rings.